The van der Waals surface area contributed by atoms with Crippen LogP contribution in [0, 0.1) is 11.8 Å². The van der Waals surface area contributed by atoms with Gasteiger partial charge in [-0.1, -0.05) is 26.8 Å². The molecule has 0 saturated heterocycles. The molecule has 1 heterocycles. The summed E-state index contributed by atoms with van der Waals surface area (Å²) < 4.78 is 11.1. The maximum absolute atomic E-state index is 6.50. The molecule has 2 rings (SSSR count). The molecule has 0 spiro atoms. The van der Waals surface area contributed by atoms with E-state index < -0.39 is 0 Å². The van der Waals surface area contributed by atoms with Crippen molar-refractivity contribution in [2.24, 2.45) is 11.8 Å². The van der Waals surface area contributed by atoms with Crippen molar-refractivity contribution < 1.29 is 9.47 Å². The topological polar surface area (TPSA) is 18.5 Å². The van der Waals surface area contributed by atoms with Crippen molar-refractivity contribution in [3.05, 3.63) is 23.8 Å². The second-order valence-electron chi connectivity index (χ2n) is 4.91. The second-order valence-corrected chi connectivity index (χ2v) is 5.38. The first-order chi connectivity index (χ1) is 8.09. The SMILES string of the molecule is CC(C)C(C)C(Cl)c1ccc2c(c1)OCCO2. The Hall–Kier alpha value is -0.890. The first kappa shape index (κ1) is 12.6. The highest BCUT2D eigenvalue weighted by Crippen LogP contribution is 2.38. The Balaban J connectivity index is 2.21. The van der Waals surface area contributed by atoms with Gasteiger partial charge in [-0.2, -0.15) is 0 Å². The van der Waals surface area contributed by atoms with Gasteiger partial charge in [-0.25, -0.2) is 0 Å². The minimum atomic E-state index is 0.0193. The average molecular weight is 255 g/mol. The number of rotatable bonds is 3. The van der Waals surface area contributed by atoms with Crippen molar-refractivity contribution in [1.29, 1.82) is 0 Å². The molecule has 1 aromatic carbocycles. The fourth-order valence-electron chi connectivity index (χ4n) is 1.87. The minimum Gasteiger partial charge on any atom is -0.486 e. The van der Waals surface area contributed by atoms with Crippen LogP contribution < -0.4 is 9.47 Å². The summed E-state index contributed by atoms with van der Waals surface area (Å²) in [6.45, 7) is 7.80. The van der Waals surface area contributed by atoms with E-state index in [0.717, 1.165) is 17.1 Å². The smallest absolute Gasteiger partial charge is 0.161 e. The quantitative estimate of drug-likeness (QED) is 0.759. The molecular weight excluding hydrogens is 236 g/mol. The van der Waals surface area contributed by atoms with Crippen LogP contribution in [-0.2, 0) is 0 Å². The molecule has 0 bridgehead atoms. The molecule has 0 radical (unpaired) electrons. The van der Waals surface area contributed by atoms with Crippen LogP contribution in [0.3, 0.4) is 0 Å². The Morgan fingerprint density at radius 3 is 2.35 bits per heavy atom. The number of ether oxygens (including phenoxy) is 2. The van der Waals surface area contributed by atoms with Crippen molar-refractivity contribution in [1.82, 2.24) is 0 Å². The third kappa shape index (κ3) is 2.68. The molecule has 1 aliphatic heterocycles. The monoisotopic (exact) mass is 254 g/mol. The standard InChI is InChI=1S/C14H19ClO2/c1-9(2)10(3)14(15)11-4-5-12-13(8-11)17-7-6-16-12/h4-5,8-10,14H,6-7H2,1-3H3. The fraction of sp³-hybridized carbons (Fsp3) is 0.571. The van der Waals surface area contributed by atoms with Gasteiger partial charge in [-0.05, 0) is 29.5 Å². The van der Waals surface area contributed by atoms with E-state index in [1.54, 1.807) is 0 Å². The summed E-state index contributed by atoms with van der Waals surface area (Å²) in [7, 11) is 0. The second kappa shape index (κ2) is 5.18. The lowest BCUT2D eigenvalue weighted by Crippen LogP contribution is -2.16. The first-order valence-corrected chi connectivity index (χ1v) is 6.57. The van der Waals surface area contributed by atoms with Crippen LogP contribution in [0.5, 0.6) is 11.5 Å². The van der Waals surface area contributed by atoms with Gasteiger partial charge >= 0.3 is 0 Å². The molecule has 0 saturated carbocycles. The molecule has 2 unspecified atom stereocenters. The van der Waals surface area contributed by atoms with E-state index in [1.165, 1.54) is 0 Å². The lowest BCUT2D eigenvalue weighted by atomic mass is 9.90. The van der Waals surface area contributed by atoms with Gasteiger partial charge in [-0.3, -0.25) is 0 Å². The van der Waals surface area contributed by atoms with Gasteiger partial charge < -0.3 is 9.47 Å². The highest BCUT2D eigenvalue weighted by molar-refractivity contribution is 6.21. The third-order valence-corrected chi connectivity index (χ3v) is 4.05. The number of hydrogen-bond acceptors (Lipinski definition) is 2. The largest absolute Gasteiger partial charge is 0.486 e. The van der Waals surface area contributed by atoms with Crippen LogP contribution in [0.15, 0.2) is 18.2 Å². The average Bonchev–Trinajstić information content (AvgIpc) is 2.36. The molecule has 0 amide bonds. The van der Waals surface area contributed by atoms with Crippen molar-refractivity contribution >= 4 is 11.6 Å². The predicted octanol–water partition coefficient (Wildman–Crippen LogP) is 4.03. The highest BCUT2D eigenvalue weighted by atomic mass is 35.5. The number of fused-ring (bicyclic) bond motifs is 1. The normalized spacial score (nSPS) is 17.9. The van der Waals surface area contributed by atoms with E-state index in [-0.39, 0.29) is 5.38 Å². The van der Waals surface area contributed by atoms with E-state index in [4.69, 9.17) is 21.1 Å². The molecule has 94 valence electrons. The van der Waals surface area contributed by atoms with Crippen LogP contribution in [0.4, 0.5) is 0 Å². The van der Waals surface area contributed by atoms with Gasteiger partial charge in [0.05, 0.1) is 5.38 Å². The number of benzene rings is 1. The minimum absolute atomic E-state index is 0.0193. The van der Waals surface area contributed by atoms with Crippen molar-refractivity contribution in [2.45, 2.75) is 26.1 Å². The Morgan fingerprint density at radius 2 is 1.71 bits per heavy atom. The molecule has 0 N–H and O–H groups in total. The molecule has 17 heavy (non-hydrogen) atoms. The van der Waals surface area contributed by atoms with Crippen molar-refractivity contribution in [2.75, 3.05) is 13.2 Å². The number of alkyl halides is 1. The van der Waals surface area contributed by atoms with Gasteiger partial charge in [-0.15, -0.1) is 11.6 Å². The van der Waals surface area contributed by atoms with Crippen molar-refractivity contribution in [3.8, 4) is 11.5 Å². The molecule has 0 aromatic heterocycles. The predicted molar refractivity (Wildman–Crippen MR) is 70.0 cm³/mol. The summed E-state index contributed by atoms with van der Waals surface area (Å²) >= 11 is 6.50. The zero-order chi connectivity index (χ0) is 12.4. The van der Waals surface area contributed by atoms with E-state index in [1.807, 2.05) is 18.2 Å². The molecule has 0 aliphatic carbocycles. The Labute approximate surface area is 108 Å². The van der Waals surface area contributed by atoms with E-state index in [9.17, 15) is 0 Å². The third-order valence-electron chi connectivity index (χ3n) is 3.40. The van der Waals surface area contributed by atoms with Crippen LogP contribution in [0.2, 0.25) is 0 Å². The Morgan fingerprint density at radius 1 is 1.06 bits per heavy atom. The van der Waals surface area contributed by atoms with Gasteiger partial charge in [0.25, 0.3) is 0 Å². The Bertz CT molecular complexity index is 390. The van der Waals surface area contributed by atoms with E-state index >= 15 is 0 Å². The van der Waals surface area contributed by atoms with Crippen LogP contribution in [-0.4, -0.2) is 13.2 Å². The van der Waals surface area contributed by atoms with Gasteiger partial charge in [0.2, 0.25) is 0 Å². The van der Waals surface area contributed by atoms with Gasteiger partial charge in [0.15, 0.2) is 11.5 Å². The number of hydrogen-bond donors (Lipinski definition) is 0. The molecular formula is C14H19ClO2. The van der Waals surface area contributed by atoms with Gasteiger partial charge in [0.1, 0.15) is 13.2 Å². The van der Waals surface area contributed by atoms with E-state index in [0.29, 0.717) is 25.0 Å². The summed E-state index contributed by atoms with van der Waals surface area (Å²) in [5.41, 5.74) is 1.11. The molecule has 1 aliphatic rings. The van der Waals surface area contributed by atoms with Gasteiger partial charge in [0, 0.05) is 0 Å². The van der Waals surface area contributed by atoms with Crippen LogP contribution in [0.25, 0.3) is 0 Å². The molecule has 2 atom stereocenters. The summed E-state index contributed by atoms with van der Waals surface area (Å²) in [6, 6.07) is 5.99. The Kier molecular flexibility index (Phi) is 3.82. The van der Waals surface area contributed by atoms with E-state index in [2.05, 4.69) is 20.8 Å². The van der Waals surface area contributed by atoms with Crippen LogP contribution in [0.1, 0.15) is 31.7 Å². The summed E-state index contributed by atoms with van der Waals surface area (Å²) in [4.78, 5) is 0. The maximum atomic E-state index is 6.50. The summed E-state index contributed by atoms with van der Waals surface area (Å²) in [6.07, 6.45) is 0. The fourth-order valence-corrected chi connectivity index (χ4v) is 2.30. The zero-order valence-corrected chi connectivity index (χ0v) is 11.3. The van der Waals surface area contributed by atoms with Crippen LogP contribution >= 0.6 is 11.6 Å². The van der Waals surface area contributed by atoms with Crippen molar-refractivity contribution in [3.63, 3.8) is 0 Å². The lowest BCUT2D eigenvalue weighted by Gasteiger charge is -2.24. The maximum Gasteiger partial charge on any atom is 0.161 e. The molecule has 1 aromatic rings. The first-order valence-electron chi connectivity index (χ1n) is 6.13. The highest BCUT2D eigenvalue weighted by Gasteiger charge is 2.21. The lowest BCUT2D eigenvalue weighted by molar-refractivity contribution is 0.171. The molecule has 0 fully saturated rings. The zero-order valence-electron chi connectivity index (χ0n) is 10.6. The summed E-state index contributed by atoms with van der Waals surface area (Å²) in [5, 5.41) is 0.0193. The number of halogens is 1. The molecule has 3 heteroatoms. The molecule has 2 nitrogen and oxygen atoms in total. The summed E-state index contributed by atoms with van der Waals surface area (Å²) in [5.74, 6) is 2.63.